The molecule has 0 spiro atoms. The lowest BCUT2D eigenvalue weighted by atomic mass is 10.1. The molecule has 0 saturated carbocycles. The predicted octanol–water partition coefficient (Wildman–Crippen LogP) is 4.55. The molecule has 0 atom stereocenters. The molecule has 9 heteroatoms. The zero-order valence-electron chi connectivity index (χ0n) is 19.4. The number of nitrogens with zero attached hydrogens (tertiary/aromatic N) is 4. The van der Waals surface area contributed by atoms with Gasteiger partial charge in [0.25, 0.3) is 0 Å². The summed E-state index contributed by atoms with van der Waals surface area (Å²) in [5, 5.41) is 4.33. The number of hydrogen-bond donors (Lipinski definition) is 1. The number of pyridine rings is 1. The van der Waals surface area contributed by atoms with E-state index in [4.69, 9.17) is 22.1 Å². The molecule has 7 nitrogen and oxygen atoms in total. The maximum absolute atomic E-state index is 15.1. The molecule has 0 unspecified atom stereocenters. The van der Waals surface area contributed by atoms with Gasteiger partial charge in [-0.05, 0) is 37.7 Å². The second-order valence-electron chi connectivity index (χ2n) is 8.08. The van der Waals surface area contributed by atoms with Gasteiger partial charge in [-0.1, -0.05) is 18.5 Å². The third-order valence-corrected chi connectivity index (χ3v) is 6.28. The first-order valence-corrected chi connectivity index (χ1v) is 11.6. The van der Waals surface area contributed by atoms with Gasteiger partial charge < -0.3 is 14.9 Å². The summed E-state index contributed by atoms with van der Waals surface area (Å²) in [5.74, 6) is -0.590. The molecule has 0 fully saturated rings. The molecular weight excluding hydrogens is 457 g/mol. The van der Waals surface area contributed by atoms with Gasteiger partial charge in [0.05, 0.1) is 11.6 Å². The average molecular weight is 484 g/mol. The topological polar surface area (TPSA) is 87.4 Å². The number of hydrogen-bond acceptors (Lipinski definition) is 5. The molecule has 0 radical (unpaired) electrons. The first-order chi connectivity index (χ1) is 16.3. The lowest BCUT2D eigenvalue weighted by Gasteiger charge is -2.14. The van der Waals surface area contributed by atoms with Crippen molar-refractivity contribution in [2.24, 2.45) is 12.8 Å². The minimum absolute atomic E-state index is 0.0225. The number of halogens is 2. The second-order valence-corrected chi connectivity index (χ2v) is 8.49. The lowest BCUT2D eigenvalue weighted by molar-refractivity contribution is 0.0981. The molecule has 0 aliphatic carbocycles. The van der Waals surface area contributed by atoms with E-state index < -0.39 is 5.82 Å². The van der Waals surface area contributed by atoms with E-state index in [0.717, 1.165) is 28.2 Å². The van der Waals surface area contributed by atoms with Gasteiger partial charge in [0.2, 0.25) is 0 Å². The number of carbonyl (C=O) groups is 1. The highest BCUT2D eigenvalue weighted by molar-refractivity contribution is 6.31. The third kappa shape index (κ3) is 4.43. The van der Waals surface area contributed by atoms with Crippen LogP contribution in [0, 0.1) is 12.7 Å². The number of ether oxygens (including phenoxy) is 1. The van der Waals surface area contributed by atoms with E-state index in [1.807, 2.05) is 29.7 Å². The van der Waals surface area contributed by atoms with Crippen LogP contribution in [-0.4, -0.2) is 38.1 Å². The van der Waals surface area contributed by atoms with Gasteiger partial charge in [-0.15, -0.1) is 0 Å². The smallest absolute Gasteiger partial charge is 0.184 e. The van der Waals surface area contributed by atoms with Crippen LogP contribution in [0.25, 0.3) is 16.8 Å². The van der Waals surface area contributed by atoms with Gasteiger partial charge in [-0.2, -0.15) is 5.10 Å². The maximum atomic E-state index is 15.1. The van der Waals surface area contributed by atoms with Crippen molar-refractivity contribution in [3.8, 4) is 16.9 Å². The van der Waals surface area contributed by atoms with Crippen molar-refractivity contribution in [2.75, 3.05) is 13.2 Å². The summed E-state index contributed by atoms with van der Waals surface area (Å²) in [6.45, 7) is 4.36. The zero-order valence-corrected chi connectivity index (χ0v) is 20.2. The fraction of sp³-hybridized carbons (Fsp3) is 0.320. The lowest BCUT2D eigenvalue weighted by Crippen LogP contribution is -2.09. The van der Waals surface area contributed by atoms with Crippen LogP contribution < -0.4 is 10.5 Å². The van der Waals surface area contributed by atoms with Crippen LogP contribution in [0.3, 0.4) is 0 Å². The number of aromatic nitrogens is 4. The Kier molecular flexibility index (Phi) is 7.00. The molecule has 0 aliphatic heterocycles. The summed E-state index contributed by atoms with van der Waals surface area (Å²) in [6, 6.07) is 6.99. The van der Waals surface area contributed by atoms with E-state index in [0.29, 0.717) is 37.1 Å². The van der Waals surface area contributed by atoms with E-state index in [9.17, 15) is 4.79 Å². The SMILES string of the molecule is CCC(=O)c1nn(C)c(C)c1CCOc1c(-c2ccc3ncc(CCN)n3c2)ccc(Cl)c1F. The molecule has 178 valence electrons. The van der Waals surface area contributed by atoms with Crippen molar-refractivity contribution in [1.29, 1.82) is 0 Å². The van der Waals surface area contributed by atoms with Crippen molar-refractivity contribution >= 4 is 23.0 Å². The van der Waals surface area contributed by atoms with Crippen LogP contribution >= 0.6 is 11.6 Å². The Morgan fingerprint density at radius 2 is 2.03 bits per heavy atom. The number of benzene rings is 1. The third-order valence-electron chi connectivity index (χ3n) is 5.99. The highest BCUT2D eigenvalue weighted by Crippen LogP contribution is 2.36. The molecular formula is C25H27ClFN5O2. The quantitative estimate of drug-likeness (QED) is 0.353. The fourth-order valence-electron chi connectivity index (χ4n) is 4.02. The Balaban J connectivity index is 1.66. The first kappa shape index (κ1) is 23.9. The van der Waals surface area contributed by atoms with Gasteiger partial charge in [-0.25, -0.2) is 9.37 Å². The second kappa shape index (κ2) is 9.95. The fourth-order valence-corrected chi connectivity index (χ4v) is 4.17. The summed E-state index contributed by atoms with van der Waals surface area (Å²) in [7, 11) is 1.80. The molecule has 2 N–H and O–H groups in total. The van der Waals surface area contributed by atoms with Crippen molar-refractivity contribution in [3.63, 3.8) is 0 Å². The van der Waals surface area contributed by atoms with Crippen molar-refractivity contribution in [1.82, 2.24) is 19.2 Å². The predicted molar refractivity (Wildman–Crippen MR) is 130 cm³/mol. The normalized spacial score (nSPS) is 11.4. The summed E-state index contributed by atoms with van der Waals surface area (Å²) in [4.78, 5) is 16.7. The number of nitrogens with two attached hydrogens (primary N) is 1. The number of fused-ring (bicyclic) bond motifs is 1. The van der Waals surface area contributed by atoms with Crippen LogP contribution in [-0.2, 0) is 19.9 Å². The minimum atomic E-state index is -0.625. The summed E-state index contributed by atoms with van der Waals surface area (Å²) in [6.07, 6.45) is 5.13. The number of aryl methyl sites for hydroxylation is 1. The highest BCUT2D eigenvalue weighted by atomic mass is 35.5. The Bertz CT molecular complexity index is 1360. The molecule has 4 aromatic rings. The Morgan fingerprint density at radius 3 is 2.76 bits per heavy atom. The highest BCUT2D eigenvalue weighted by Gasteiger charge is 2.20. The number of imidazole rings is 1. The molecule has 0 aliphatic rings. The number of ketones is 1. The molecule has 0 saturated heterocycles. The zero-order chi connectivity index (χ0) is 24.4. The van der Waals surface area contributed by atoms with Crippen molar-refractivity contribution in [2.45, 2.75) is 33.1 Å². The monoisotopic (exact) mass is 483 g/mol. The van der Waals surface area contributed by atoms with E-state index in [1.54, 1.807) is 30.9 Å². The van der Waals surface area contributed by atoms with Crippen LogP contribution in [0.2, 0.25) is 5.02 Å². The van der Waals surface area contributed by atoms with Gasteiger partial charge in [0.1, 0.15) is 11.3 Å². The van der Waals surface area contributed by atoms with E-state index in [-0.39, 0.29) is 23.2 Å². The number of Topliss-reactive ketones (excluding diaryl/α,β-unsaturated/α-hetero) is 1. The summed E-state index contributed by atoms with van der Waals surface area (Å²) in [5.41, 5.74) is 10.9. The van der Waals surface area contributed by atoms with Crippen LogP contribution in [0.15, 0.2) is 36.7 Å². The van der Waals surface area contributed by atoms with E-state index in [1.165, 1.54) is 6.07 Å². The number of carbonyl (C=O) groups excluding carboxylic acids is 1. The first-order valence-electron chi connectivity index (χ1n) is 11.2. The Hall–Kier alpha value is -3.23. The van der Waals surface area contributed by atoms with Crippen molar-refractivity contribution < 1.29 is 13.9 Å². The molecule has 0 bridgehead atoms. The van der Waals surface area contributed by atoms with E-state index in [2.05, 4.69) is 10.1 Å². The standard InChI is InChI=1S/C25H27ClFN5O2/c1-4-21(33)24-18(15(2)31(3)30-24)10-12-34-25-19(6-7-20(26)23(25)27)16-5-8-22-29-13-17(9-11-28)32(22)14-16/h5-8,13-14H,4,9-12,28H2,1-3H3. The van der Waals surface area contributed by atoms with Crippen molar-refractivity contribution in [3.05, 3.63) is 70.1 Å². The van der Waals surface area contributed by atoms with Gasteiger partial charge in [0, 0.05) is 66.8 Å². The van der Waals surface area contributed by atoms with Crippen LogP contribution in [0.1, 0.15) is 40.8 Å². The largest absolute Gasteiger partial charge is 0.489 e. The van der Waals surface area contributed by atoms with Crippen LogP contribution in [0.5, 0.6) is 5.75 Å². The Labute approximate surface area is 202 Å². The molecule has 3 heterocycles. The molecule has 4 rings (SSSR count). The van der Waals surface area contributed by atoms with Gasteiger partial charge >= 0.3 is 0 Å². The van der Waals surface area contributed by atoms with Gasteiger partial charge in [-0.3, -0.25) is 9.48 Å². The van der Waals surface area contributed by atoms with E-state index >= 15 is 4.39 Å². The van der Waals surface area contributed by atoms with Gasteiger partial charge in [0.15, 0.2) is 17.3 Å². The molecule has 0 amide bonds. The maximum Gasteiger partial charge on any atom is 0.184 e. The minimum Gasteiger partial charge on any atom is -0.489 e. The molecule has 34 heavy (non-hydrogen) atoms. The summed E-state index contributed by atoms with van der Waals surface area (Å²) >= 11 is 6.09. The Morgan fingerprint density at radius 1 is 1.24 bits per heavy atom. The average Bonchev–Trinajstić information content (AvgIpc) is 3.36. The molecule has 1 aromatic carbocycles. The summed E-state index contributed by atoms with van der Waals surface area (Å²) < 4.78 is 24.7. The molecule has 3 aromatic heterocycles. The number of rotatable bonds is 9. The van der Waals surface area contributed by atoms with Crippen LogP contribution in [0.4, 0.5) is 4.39 Å².